The molecular weight excluding hydrogens is 1800 g/mol. The Morgan fingerprint density at radius 1 is 0.409 bits per heavy atom. The molecule has 5 aromatic rings. The lowest BCUT2D eigenvalue weighted by Crippen LogP contribution is -2.62. The zero-order valence-corrected chi connectivity index (χ0v) is 76.5. The SMILES string of the molecule is CCC(C)C(NC(=O)C(C)NC(=O)C(Cc1c[nH]cn1)NC(C)=O)C(=O)NC(CC(=O)O)C(=O)NC(CC(N)=O)C(=O)NC(Cc1c[nH]cn1)C(=O)NC(CCCNC(=N)N)C(=O)NC(CO)C(=O)NC(Cc1ccccc1)C(=O)NC(Cc1c[nH]cn1)C(=O)NC(CC(=O)O)C(=O)NC(CCCCN)C(=O)NC(Cc1ccc(O)cc1)C(=O)NCC(=O)NC(CC(C)C)C(=O)NC(C)C(N)=O. The number of primary amides is 2. The number of carboxylic acid groups (broad SMARTS) is 2. The van der Waals surface area contributed by atoms with E-state index in [1.165, 1.54) is 94.7 Å². The van der Waals surface area contributed by atoms with Gasteiger partial charge in [-0.05, 0) is 94.0 Å². The number of aromatic amines is 3. The number of guanidine groups is 1. The first kappa shape index (κ1) is 112. The number of phenols is 1. The molecule has 0 saturated carbocycles. The summed E-state index contributed by atoms with van der Waals surface area (Å²) in [6.07, 6.45) is 2.43. The van der Waals surface area contributed by atoms with E-state index >= 15 is 0 Å². The minimum Gasteiger partial charge on any atom is -0.508 e. The Kier molecular flexibility index (Phi) is 46.7. The number of aliphatic carboxylic acids is 2. The molecule has 0 aliphatic heterocycles. The van der Waals surface area contributed by atoms with Gasteiger partial charge in [0.1, 0.15) is 96.4 Å². The summed E-state index contributed by atoms with van der Waals surface area (Å²) < 4.78 is 0. The molecule has 0 radical (unpaired) electrons. The number of nitrogens with two attached hydrogens (primary N) is 4. The van der Waals surface area contributed by atoms with Crippen LogP contribution in [0.15, 0.2) is 92.2 Å². The number of phenolic OH excluding ortho intramolecular Hbond substituents is 1. The van der Waals surface area contributed by atoms with Crippen molar-refractivity contribution < 1.29 is 116 Å². The van der Waals surface area contributed by atoms with Crippen molar-refractivity contribution in [2.24, 2.45) is 34.8 Å². The molecule has 0 aliphatic rings. The molecule has 137 heavy (non-hydrogen) atoms. The van der Waals surface area contributed by atoms with E-state index in [4.69, 9.17) is 28.3 Å². The van der Waals surface area contributed by atoms with Crippen LogP contribution in [0.2, 0.25) is 0 Å². The molecule has 0 spiro atoms. The molecule has 16 atom stereocenters. The Labute approximate surface area is 785 Å². The molecule has 0 aliphatic carbocycles. The third-order valence-electron chi connectivity index (χ3n) is 21.0. The number of unbranched alkanes of at least 4 members (excludes halogenated alkanes) is 1. The number of carbonyl (C=O) groups excluding carboxylic acids is 18. The number of rotatable bonds is 61. The molecule has 18 amide bonds. The van der Waals surface area contributed by atoms with E-state index in [2.05, 4.69) is 120 Å². The molecule has 16 unspecified atom stereocenters. The number of nitrogens with one attached hydrogen (secondary N) is 21. The number of aromatic hydroxyl groups is 1. The van der Waals surface area contributed by atoms with E-state index in [9.17, 15) is 116 Å². The normalized spacial score (nSPS) is 14.5. The Morgan fingerprint density at radius 3 is 1.22 bits per heavy atom. The van der Waals surface area contributed by atoms with Crippen molar-refractivity contribution in [2.75, 3.05) is 26.2 Å². The molecular formula is C85H124N28O24. The van der Waals surface area contributed by atoms with Crippen LogP contribution in [0.3, 0.4) is 0 Å². The van der Waals surface area contributed by atoms with Crippen LogP contribution in [-0.2, 0) is 128 Å². The largest absolute Gasteiger partial charge is 0.508 e. The topological polar surface area (TPSA) is 841 Å². The van der Waals surface area contributed by atoms with Gasteiger partial charge < -0.3 is 149 Å². The van der Waals surface area contributed by atoms with Crippen molar-refractivity contribution in [3.8, 4) is 5.75 Å². The van der Waals surface area contributed by atoms with Crippen LogP contribution >= 0.6 is 0 Å². The summed E-state index contributed by atoms with van der Waals surface area (Å²) in [5.41, 5.74) is 23.5. The van der Waals surface area contributed by atoms with Gasteiger partial charge in [-0.2, -0.15) is 0 Å². The monoisotopic (exact) mass is 1920 g/mol. The standard InChI is InChI=1S/C85H124N28O24/c1-8-43(4)69(113-71(124)45(6)100-76(129)58(101-46(7)115)28-49-34-91-39-96-49)84(137)111-63(33-68(121)122)82(135)109-61(31-65(87)117)80(133)108-59(29-50-35-92-40-97-50)78(131)104-54(18-14-24-94-85(89)90)74(127)112-64(38-114)83(136)106-57(26-47-15-10-9-11-16-47)77(130)107-60(30-51-36-93-41-98-51)79(132)110-62(32-67(119)120)81(134)103-53(17-12-13-23-86)73(126)105-56(27-48-19-21-52(116)22-20-48)72(125)95-37-66(118)102-55(25-42(2)3)75(128)99-44(5)70(88)123/h9-11,15-16,19-22,34-36,39-45,53-64,69,114,116H,8,12-14,17-18,23-33,37-38,86H2,1-7H3,(H2,87,117)(H2,88,123)(H,91,96)(H,92,97)(H,93,98)(H,95,125)(H,99,128)(H,100,129)(H,101,115)(H,102,118)(H,103,134)(H,104,131)(H,105,126)(H,106,136)(H,107,130)(H,108,133)(H,109,135)(H,110,132)(H,111,137)(H,112,127)(H,113,124)(H,119,120)(H,121,122)(H4,89,90,94). The molecule has 0 fully saturated rings. The highest BCUT2D eigenvalue weighted by molar-refractivity contribution is 6.02. The quantitative estimate of drug-likeness (QED) is 0.00976. The third-order valence-corrected chi connectivity index (χ3v) is 21.0. The molecule has 5 rings (SSSR count). The Morgan fingerprint density at radius 2 is 0.796 bits per heavy atom. The second-order valence-corrected chi connectivity index (χ2v) is 32.7. The maximum Gasteiger partial charge on any atom is 0.305 e. The summed E-state index contributed by atoms with van der Waals surface area (Å²) >= 11 is 0. The number of amides is 18. The number of benzene rings is 2. The molecule has 748 valence electrons. The summed E-state index contributed by atoms with van der Waals surface area (Å²) in [5, 5.41) is 90.2. The number of aliphatic hydroxyl groups is 1. The van der Waals surface area contributed by atoms with Gasteiger partial charge in [0.25, 0.3) is 0 Å². The molecule has 0 saturated heterocycles. The third kappa shape index (κ3) is 40.4. The molecule has 52 nitrogen and oxygen atoms in total. The van der Waals surface area contributed by atoms with Crippen LogP contribution in [-0.4, -0.2) is 291 Å². The van der Waals surface area contributed by atoms with Crippen LogP contribution < -0.4 is 113 Å². The average molecular weight is 1920 g/mol. The highest BCUT2D eigenvalue weighted by atomic mass is 16.4. The number of aliphatic hydroxyl groups excluding tert-OH is 1. The van der Waals surface area contributed by atoms with Gasteiger partial charge in [-0.3, -0.25) is 101 Å². The van der Waals surface area contributed by atoms with E-state index in [1.807, 2.05) is 0 Å². The van der Waals surface area contributed by atoms with Crippen molar-refractivity contribution >= 4 is 124 Å². The van der Waals surface area contributed by atoms with Crippen LogP contribution in [0.4, 0.5) is 0 Å². The van der Waals surface area contributed by atoms with Crippen LogP contribution in [0, 0.1) is 17.2 Å². The maximum absolute atomic E-state index is 15.0. The van der Waals surface area contributed by atoms with Gasteiger partial charge in [-0.1, -0.05) is 76.6 Å². The second kappa shape index (κ2) is 57.1. The molecule has 33 N–H and O–H groups in total. The summed E-state index contributed by atoms with van der Waals surface area (Å²) in [4.78, 5) is 296. The lowest BCUT2D eigenvalue weighted by atomic mass is 9.97. The van der Waals surface area contributed by atoms with E-state index in [-0.39, 0.29) is 87.5 Å². The zero-order chi connectivity index (χ0) is 102. The predicted molar refractivity (Wildman–Crippen MR) is 483 cm³/mol. The fourth-order valence-corrected chi connectivity index (χ4v) is 13.5. The minimum atomic E-state index is -2.09. The lowest BCUT2D eigenvalue weighted by Gasteiger charge is -2.29. The number of H-pyrrole nitrogens is 3. The Hall–Kier alpha value is -15.5. The first-order valence-corrected chi connectivity index (χ1v) is 43.8. The van der Waals surface area contributed by atoms with E-state index in [0.29, 0.717) is 16.8 Å². The molecule has 52 heteroatoms. The molecule has 0 bridgehead atoms. The van der Waals surface area contributed by atoms with Crippen molar-refractivity contribution in [3.05, 3.63) is 120 Å². The van der Waals surface area contributed by atoms with Crippen LogP contribution in [0.1, 0.15) is 141 Å². The second-order valence-electron chi connectivity index (χ2n) is 32.7. The number of nitrogens with zero attached hydrogens (tertiary/aromatic N) is 3. The van der Waals surface area contributed by atoms with Crippen LogP contribution in [0.25, 0.3) is 0 Å². The average Bonchev–Trinajstić information content (AvgIpc) is 1.14. The maximum atomic E-state index is 15.0. The van der Waals surface area contributed by atoms with Crippen LogP contribution in [0.5, 0.6) is 5.75 Å². The van der Waals surface area contributed by atoms with Gasteiger partial charge in [0.05, 0.1) is 68.5 Å². The summed E-state index contributed by atoms with van der Waals surface area (Å²) in [7, 11) is 0. The zero-order valence-electron chi connectivity index (χ0n) is 76.5. The lowest BCUT2D eigenvalue weighted by molar-refractivity contribution is -0.142. The van der Waals surface area contributed by atoms with Gasteiger partial charge in [0.2, 0.25) is 106 Å². The highest BCUT2D eigenvalue weighted by Crippen LogP contribution is 2.17. The van der Waals surface area contributed by atoms with Gasteiger partial charge in [0, 0.05) is 64.2 Å². The van der Waals surface area contributed by atoms with Crippen molar-refractivity contribution in [2.45, 2.75) is 235 Å². The highest BCUT2D eigenvalue weighted by Gasteiger charge is 2.41. The van der Waals surface area contributed by atoms with Crippen molar-refractivity contribution in [1.29, 1.82) is 5.41 Å². The van der Waals surface area contributed by atoms with Gasteiger partial charge in [-0.15, -0.1) is 0 Å². The molecule has 3 heterocycles. The number of aromatic nitrogens is 6. The van der Waals surface area contributed by atoms with Gasteiger partial charge in [-0.25, -0.2) is 15.0 Å². The Bertz CT molecular complexity index is 4930. The Balaban J connectivity index is 1.40. The first-order valence-electron chi connectivity index (χ1n) is 43.8. The van der Waals surface area contributed by atoms with Gasteiger partial charge >= 0.3 is 11.9 Å². The predicted octanol–water partition coefficient (Wildman–Crippen LogP) is -8.69. The molecule has 2 aromatic carbocycles. The molecule has 3 aromatic heterocycles. The number of imidazole rings is 3. The fourth-order valence-electron chi connectivity index (χ4n) is 13.5. The van der Waals surface area contributed by atoms with Crippen molar-refractivity contribution in [1.82, 2.24) is 120 Å². The van der Waals surface area contributed by atoms with E-state index in [0.717, 1.165) is 6.92 Å². The number of carboxylic acids is 2. The van der Waals surface area contributed by atoms with Crippen molar-refractivity contribution in [3.63, 3.8) is 0 Å². The number of hydrogen-bond acceptors (Lipinski definition) is 27. The summed E-state index contributed by atoms with van der Waals surface area (Å²) in [6, 6.07) is -12.0. The van der Waals surface area contributed by atoms with Gasteiger partial charge in [0.15, 0.2) is 5.96 Å². The first-order chi connectivity index (χ1) is 64.9. The number of carbonyl (C=O) groups is 20. The summed E-state index contributed by atoms with van der Waals surface area (Å²) in [6.45, 7) is 8.38. The minimum absolute atomic E-state index is 0.0614. The fraction of sp³-hybridized carbons (Fsp3) is 0.506. The number of hydrogen-bond donors (Lipinski definition) is 29. The smallest absolute Gasteiger partial charge is 0.305 e. The van der Waals surface area contributed by atoms with E-state index in [1.54, 1.807) is 39.0 Å². The summed E-state index contributed by atoms with van der Waals surface area (Å²) in [5.74, 6) is -24.4. The van der Waals surface area contributed by atoms with E-state index < -0.39 is 279 Å².